The molecule has 2 N–H and O–H groups in total. The summed E-state index contributed by atoms with van der Waals surface area (Å²) >= 11 is 1.30. The number of nitrogens with zero attached hydrogens (tertiary/aromatic N) is 3. The average molecular weight is 299 g/mol. The van der Waals surface area contributed by atoms with Crippen LogP contribution < -0.4 is 5.32 Å². The molecule has 1 aliphatic rings. The number of rotatable bonds is 1. The van der Waals surface area contributed by atoms with Crippen LogP contribution in [-0.4, -0.2) is 25.5 Å². The predicted octanol–water partition coefficient (Wildman–Crippen LogP) is 2.70. The van der Waals surface area contributed by atoms with E-state index in [-0.39, 0.29) is 11.3 Å². The number of anilines is 1. The fraction of sp³-hybridized carbons (Fsp3) is 0.286. The van der Waals surface area contributed by atoms with Crippen molar-refractivity contribution in [1.29, 1.82) is 0 Å². The first-order chi connectivity index (χ1) is 10.0. The second-order valence-corrected chi connectivity index (χ2v) is 6.68. The first kappa shape index (κ1) is 12.5. The third-order valence-electron chi connectivity index (χ3n) is 3.82. The molecule has 0 unspecified atom stereocenters. The van der Waals surface area contributed by atoms with E-state index in [2.05, 4.69) is 44.8 Å². The lowest BCUT2D eigenvalue weighted by Gasteiger charge is -2.31. The van der Waals surface area contributed by atoms with Crippen LogP contribution in [0.25, 0.3) is 21.7 Å². The van der Waals surface area contributed by atoms with E-state index in [1.165, 1.54) is 11.5 Å². The highest BCUT2D eigenvalue weighted by Gasteiger charge is 2.32. The van der Waals surface area contributed by atoms with Gasteiger partial charge in [0.2, 0.25) is 5.91 Å². The molecule has 0 radical (unpaired) electrons. The van der Waals surface area contributed by atoms with Crippen LogP contribution in [0.4, 0.5) is 5.69 Å². The van der Waals surface area contributed by atoms with E-state index in [1.807, 2.05) is 6.07 Å². The quantitative estimate of drug-likeness (QED) is 0.723. The molecule has 0 bridgehead atoms. The highest BCUT2D eigenvalue weighted by Crippen LogP contribution is 2.39. The molecule has 106 valence electrons. The fourth-order valence-electron chi connectivity index (χ4n) is 2.80. The highest BCUT2D eigenvalue weighted by molar-refractivity contribution is 7.09. The van der Waals surface area contributed by atoms with Crippen molar-refractivity contribution < 1.29 is 4.79 Å². The maximum Gasteiger partial charge on any atom is 0.225 e. The lowest BCUT2D eigenvalue weighted by molar-refractivity contribution is -0.117. The molecule has 21 heavy (non-hydrogen) atoms. The number of hydrogen-bond donors (Lipinski definition) is 2. The number of carbonyl (C=O) groups is 1. The van der Waals surface area contributed by atoms with Gasteiger partial charge in [0.1, 0.15) is 4.88 Å². The number of aromatic amines is 1. The Balaban J connectivity index is 1.92. The van der Waals surface area contributed by atoms with E-state index in [0.29, 0.717) is 6.42 Å². The van der Waals surface area contributed by atoms with Crippen LogP contribution in [0.5, 0.6) is 0 Å². The number of nitrogens with one attached hydrogen (secondary N) is 2. The average Bonchev–Trinajstić information content (AvgIpc) is 3.04. The summed E-state index contributed by atoms with van der Waals surface area (Å²) in [4.78, 5) is 20.6. The Hall–Kier alpha value is -2.28. The van der Waals surface area contributed by atoms with E-state index < -0.39 is 0 Å². The van der Waals surface area contributed by atoms with E-state index >= 15 is 0 Å². The van der Waals surface area contributed by atoms with Gasteiger partial charge in [-0.25, -0.2) is 4.98 Å². The maximum absolute atomic E-state index is 11.8. The van der Waals surface area contributed by atoms with Gasteiger partial charge >= 0.3 is 0 Å². The number of benzene rings is 1. The molecular formula is C14H13N5OS. The van der Waals surface area contributed by atoms with Crippen LogP contribution in [-0.2, 0) is 10.2 Å². The van der Waals surface area contributed by atoms with Gasteiger partial charge in [-0.15, -0.1) is 5.10 Å². The maximum atomic E-state index is 11.8. The topological polar surface area (TPSA) is 83.6 Å². The standard InChI is InChI=1S/C14H13N5OS/c1-14(2)5-12(20)16-8-4-10-9(3-7(8)14)17-13(18-10)11-6-15-19-21-11/h3-4,6H,5H2,1-2H3,(H,16,20)(H,17,18). The van der Waals surface area contributed by atoms with Gasteiger partial charge in [-0.1, -0.05) is 18.3 Å². The molecule has 1 aliphatic heterocycles. The second-order valence-electron chi connectivity index (χ2n) is 5.89. The van der Waals surface area contributed by atoms with Gasteiger partial charge in [0.25, 0.3) is 0 Å². The second kappa shape index (κ2) is 4.11. The number of amides is 1. The van der Waals surface area contributed by atoms with Gasteiger partial charge in [-0.3, -0.25) is 4.79 Å². The first-order valence-electron chi connectivity index (χ1n) is 6.65. The molecule has 2 aromatic heterocycles. The molecule has 3 aromatic rings. The van der Waals surface area contributed by atoms with Gasteiger partial charge in [-0.2, -0.15) is 0 Å². The largest absolute Gasteiger partial charge is 0.337 e. The smallest absolute Gasteiger partial charge is 0.225 e. The molecule has 6 nitrogen and oxygen atoms in total. The third-order valence-corrected chi connectivity index (χ3v) is 4.49. The third kappa shape index (κ3) is 1.92. The zero-order valence-electron chi connectivity index (χ0n) is 11.6. The normalized spacial score (nSPS) is 16.8. The molecule has 0 atom stereocenters. The Bertz CT molecular complexity index is 850. The van der Waals surface area contributed by atoms with E-state index in [4.69, 9.17) is 0 Å². The van der Waals surface area contributed by atoms with Crippen LogP contribution in [0.2, 0.25) is 0 Å². The van der Waals surface area contributed by atoms with E-state index in [1.54, 1.807) is 6.20 Å². The predicted molar refractivity (Wildman–Crippen MR) is 81.3 cm³/mol. The summed E-state index contributed by atoms with van der Waals surface area (Å²) in [7, 11) is 0. The summed E-state index contributed by atoms with van der Waals surface area (Å²) in [5.41, 5.74) is 3.59. The van der Waals surface area contributed by atoms with Crippen molar-refractivity contribution in [2.45, 2.75) is 25.7 Å². The summed E-state index contributed by atoms with van der Waals surface area (Å²) in [6, 6.07) is 4.01. The van der Waals surface area contributed by atoms with Gasteiger partial charge < -0.3 is 10.3 Å². The molecule has 3 heterocycles. The van der Waals surface area contributed by atoms with Crippen molar-refractivity contribution in [3.63, 3.8) is 0 Å². The van der Waals surface area contributed by atoms with Crippen molar-refractivity contribution >= 4 is 34.2 Å². The molecule has 4 rings (SSSR count). The Morgan fingerprint density at radius 1 is 1.33 bits per heavy atom. The van der Waals surface area contributed by atoms with Crippen LogP contribution >= 0.6 is 11.5 Å². The van der Waals surface area contributed by atoms with Crippen LogP contribution in [0.15, 0.2) is 18.3 Å². The highest BCUT2D eigenvalue weighted by atomic mass is 32.1. The van der Waals surface area contributed by atoms with Crippen molar-refractivity contribution in [1.82, 2.24) is 19.6 Å². The molecule has 0 saturated carbocycles. The molecule has 1 aromatic carbocycles. The van der Waals surface area contributed by atoms with Gasteiger partial charge in [-0.05, 0) is 29.2 Å². The summed E-state index contributed by atoms with van der Waals surface area (Å²) < 4.78 is 3.85. The van der Waals surface area contributed by atoms with E-state index in [0.717, 1.165) is 33.0 Å². The summed E-state index contributed by atoms with van der Waals surface area (Å²) in [6.07, 6.45) is 2.18. The molecule has 0 spiro atoms. The minimum absolute atomic E-state index is 0.0502. The number of fused-ring (bicyclic) bond motifs is 2. The van der Waals surface area contributed by atoms with Crippen LogP contribution in [0.1, 0.15) is 25.8 Å². The van der Waals surface area contributed by atoms with Crippen molar-refractivity contribution in [2.24, 2.45) is 0 Å². The molecule has 0 saturated heterocycles. The minimum Gasteiger partial charge on any atom is -0.337 e. The lowest BCUT2D eigenvalue weighted by Crippen LogP contribution is -2.32. The molecule has 0 aliphatic carbocycles. The number of aromatic nitrogens is 4. The van der Waals surface area contributed by atoms with Gasteiger partial charge in [0.05, 0.1) is 17.2 Å². The van der Waals surface area contributed by atoms with Crippen LogP contribution in [0, 0.1) is 0 Å². The number of H-pyrrole nitrogens is 1. The molecule has 7 heteroatoms. The summed E-state index contributed by atoms with van der Waals surface area (Å²) in [5.74, 6) is 0.806. The molecule has 0 fully saturated rings. The monoisotopic (exact) mass is 299 g/mol. The van der Waals surface area contributed by atoms with Crippen molar-refractivity contribution in [3.05, 3.63) is 23.9 Å². The van der Waals surface area contributed by atoms with Gasteiger partial charge in [0, 0.05) is 17.5 Å². The van der Waals surface area contributed by atoms with E-state index in [9.17, 15) is 4.79 Å². The van der Waals surface area contributed by atoms with Gasteiger partial charge in [0.15, 0.2) is 5.82 Å². The number of hydrogen-bond acceptors (Lipinski definition) is 5. The Labute approximate surface area is 124 Å². The minimum atomic E-state index is -0.177. The fourth-order valence-corrected chi connectivity index (χ4v) is 3.26. The van der Waals surface area contributed by atoms with Crippen molar-refractivity contribution in [2.75, 3.05) is 5.32 Å². The molecule has 1 amide bonds. The number of imidazole rings is 1. The molecular weight excluding hydrogens is 286 g/mol. The zero-order valence-corrected chi connectivity index (χ0v) is 12.4. The number of carbonyl (C=O) groups excluding carboxylic acids is 1. The lowest BCUT2D eigenvalue weighted by atomic mass is 9.78. The van der Waals surface area contributed by atoms with Crippen molar-refractivity contribution in [3.8, 4) is 10.7 Å². The van der Waals surface area contributed by atoms with Crippen LogP contribution in [0.3, 0.4) is 0 Å². The first-order valence-corrected chi connectivity index (χ1v) is 7.42. The zero-order chi connectivity index (χ0) is 14.6. The summed E-state index contributed by atoms with van der Waals surface area (Å²) in [6.45, 7) is 4.17. The Morgan fingerprint density at radius 3 is 2.95 bits per heavy atom. The Morgan fingerprint density at radius 2 is 2.19 bits per heavy atom. The SMILES string of the molecule is CC1(C)CC(=O)Nc2cc3nc(-c4cnns4)[nH]c3cc21. The Kier molecular flexibility index (Phi) is 2.44. The summed E-state index contributed by atoms with van der Waals surface area (Å²) in [5, 5.41) is 6.77.